The summed E-state index contributed by atoms with van der Waals surface area (Å²) in [5.41, 5.74) is 6.77. The van der Waals surface area contributed by atoms with Gasteiger partial charge in [0.05, 0.1) is 28.9 Å². The van der Waals surface area contributed by atoms with E-state index >= 15 is 0 Å². The highest BCUT2D eigenvalue weighted by Gasteiger charge is 2.21. The molecule has 5 heterocycles. The van der Waals surface area contributed by atoms with Crippen LogP contribution in [0, 0.1) is 19.8 Å². The van der Waals surface area contributed by atoms with Crippen molar-refractivity contribution in [2.75, 3.05) is 19.8 Å². The van der Waals surface area contributed by atoms with Gasteiger partial charge in [0.25, 0.3) is 0 Å². The quantitative estimate of drug-likeness (QED) is 0.385. The van der Waals surface area contributed by atoms with Crippen LogP contribution in [0.4, 0.5) is 0 Å². The van der Waals surface area contributed by atoms with E-state index in [4.69, 9.17) is 19.0 Å². The standard InChI is InChI=1S/C25H28N4O3/c1-5-31-16(3)21-11-22-20(13-26-21)25-23(29(22)14-18-6-8-30-9-7-18)10-19(12-27-25)24-15(2)28-32-17(24)4/h10-13,18H,3,5-9,14H2,1-2,4H3. The molecule has 0 amide bonds. The SMILES string of the molecule is C=C(OCC)c1cc2c(cn1)c1ncc(-c3c(C)noc3C)cc1n2CC1CCOCC1. The molecule has 0 saturated carbocycles. The summed E-state index contributed by atoms with van der Waals surface area (Å²) in [7, 11) is 0. The molecule has 0 N–H and O–H groups in total. The number of rotatable bonds is 6. The molecular formula is C25H28N4O3. The van der Waals surface area contributed by atoms with Gasteiger partial charge in [-0.15, -0.1) is 0 Å². The Morgan fingerprint density at radius 1 is 1.16 bits per heavy atom. The van der Waals surface area contributed by atoms with Gasteiger partial charge in [-0.25, -0.2) is 0 Å². The fourth-order valence-electron chi connectivity index (χ4n) is 4.66. The van der Waals surface area contributed by atoms with Crippen LogP contribution in [-0.4, -0.2) is 39.5 Å². The van der Waals surface area contributed by atoms with Gasteiger partial charge in [0.1, 0.15) is 17.2 Å². The molecule has 166 valence electrons. The fraction of sp³-hybridized carbons (Fsp3) is 0.400. The Morgan fingerprint density at radius 3 is 2.69 bits per heavy atom. The lowest BCUT2D eigenvalue weighted by atomic mass is 10.00. The third-order valence-electron chi connectivity index (χ3n) is 6.29. The number of nitrogens with zero attached hydrogens (tertiary/aromatic N) is 4. The second-order valence-corrected chi connectivity index (χ2v) is 8.40. The van der Waals surface area contributed by atoms with Gasteiger partial charge >= 0.3 is 0 Å². The first-order valence-electron chi connectivity index (χ1n) is 11.2. The molecule has 4 aromatic rings. The highest BCUT2D eigenvalue weighted by molar-refractivity contribution is 6.06. The summed E-state index contributed by atoms with van der Waals surface area (Å²) < 4.78 is 19.0. The zero-order valence-corrected chi connectivity index (χ0v) is 18.9. The fourth-order valence-corrected chi connectivity index (χ4v) is 4.66. The average Bonchev–Trinajstić information content (AvgIpc) is 3.30. The Morgan fingerprint density at radius 2 is 1.97 bits per heavy atom. The Kier molecular flexibility index (Phi) is 5.43. The third-order valence-corrected chi connectivity index (χ3v) is 6.29. The molecule has 0 atom stereocenters. The summed E-state index contributed by atoms with van der Waals surface area (Å²) in [6.45, 7) is 13.0. The first-order valence-corrected chi connectivity index (χ1v) is 11.2. The highest BCUT2D eigenvalue weighted by Crippen LogP contribution is 2.35. The van der Waals surface area contributed by atoms with Crippen LogP contribution >= 0.6 is 0 Å². The lowest BCUT2D eigenvalue weighted by Gasteiger charge is -2.23. The maximum Gasteiger partial charge on any atom is 0.141 e. The topological polar surface area (TPSA) is 75.2 Å². The van der Waals surface area contributed by atoms with E-state index in [0.29, 0.717) is 18.3 Å². The molecule has 1 aliphatic heterocycles. The molecule has 1 fully saturated rings. The molecule has 0 radical (unpaired) electrons. The van der Waals surface area contributed by atoms with Gasteiger partial charge in [0, 0.05) is 48.7 Å². The molecule has 32 heavy (non-hydrogen) atoms. The van der Waals surface area contributed by atoms with Crippen molar-refractivity contribution in [2.45, 2.75) is 40.2 Å². The van der Waals surface area contributed by atoms with Crippen molar-refractivity contribution < 1.29 is 14.0 Å². The van der Waals surface area contributed by atoms with Gasteiger partial charge < -0.3 is 18.6 Å². The van der Waals surface area contributed by atoms with Crippen LogP contribution in [0.2, 0.25) is 0 Å². The van der Waals surface area contributed by atoms with Crippen LogP contribution in [0.3, 0.4) is 0 Å². The largest absolute Gasteiger partial charge is 0.492 e. The lowest BCUT2D eigenvalue weighted by Crippen LogP contribution is -2.20. The smallest absolute Gasteiger partial charge is 0.141 e. The van der Waals surface area contributed by atoms with Gasteiger partial charge in [-0.3, -0.25) is 9.97 Å². The summed E-state index contributed by atoms with van der Waals surface area (Å²) in [5.74, 6) is 1.94. The van der Waals surface area contributed by atoms with Crippen LogP contribution < -0.4 is 0 Å². The second-order valence-electron chi connectivity index (χ2n) is 8.40. The monoisotopic (exact) mass is 432 g/mol. The summed E-state index contributed by atoms with van der Waals surface area (Å²) in [4.78, 5) is 9.48. The normalized spacial score (nSPS) is 15.0. The number of hydrogen-bond acceptors (Lipinski definition) is 6. The number of ether oxygens (including phenoxy) is 2. The van der Waals surface area contributed by atoms with E-state index in [1.807, 2.05) is 33.2 Å². The minimum atomic E-state index is 0.553. The maximum absolute atomic E-state index is 5.62. The van der Waals surface area contributed by atoms with Crippen LogP contribution in [0.5, 0.6) is 0 Å². The number of fused-ring (bicyclic) bond motifs is 3. The van der Waals surface area contributed by atoms with E-state index in [9.17, 15) is 0 Å². The first-order chi connectivity index (χ1) is 15.6. The van der Waals surface area contributed by atoms with E-state index in [2.05, 4.69) is 33.4 Å². The van der Waals surface area contributed by atoms with E-state index in [1.165, 1.54) is 0 Å². The number of aromatic nitrogens is 4. The molecule has 0 aliphatic carbocycles. The van der Waals surface area contributed by atoms with Crippen molar-refractivity contribution in [1.29, 1.82) is 0 Å². The van der Waals surface area contributed by atoms with Gasteiger partial charge in [-0.05, 0) is 51.7 Å². The van der Waals surface area contributed by atoms with E-state index in [1.54, 1.807) is 0 Å². The van der Waals surface area contributed by atoms with Crippen LogP contribution in [0.25, 0.3) is 38.8 Å². The van der Waals surface area contributed by atoms with Crippen molar-refractivity contribution in [3.63, 3.8) is 0 Å². The first kappa shape index (κ1) is 20.7. The molecule has 0 aromatic carbocycles. The Balaban J connectivity index is 1.70. The molecule has 0 spiro atoms. The predicted octanol–water partition coefficient (Wildman–Crippen LogP) is 5.29. The van der Waals surface area contributed by atoms with E-state index < -0.39 is 0 Å². The maximum atomic E-state index is 5.62. The summed E-state index contributed by atoms with van der Waals surface area (Å²) in [5, 5.41) is 5.16. The summed E-state index contributed by atoms with van der Waals surface area (Å²) in [6.07, 6.45) is 5.91. The van der Waals surface area contributed by atoms with E-state index in [0.717, 1.165) is 82.8 Å². The van der Waals surface area contributed by atoms with Crippen molar-refractivity contribution >= 4 is 27.7 Å². The molecule has 1 aliphatic rings. The van der Waals surface area contributed by atoms with Gasteiger partial charge in [-0.1, -0.05) is 11.7 Å². The number of pyridine rings is 2. The summed E-state index contributed by atoms with van der Waals surface area (Å²) >= 11 is 0. The number of aryl methyl sites for hydroxylation is 2. The lowest BCUT2D eigenvalue weighted by molar-refractivity contribution is 0.0620. The third kappa shape index (κ3) is 3.56. The summed E-state index contributed by atoms with van der Waals surface area (Å²) in [6, 6.07) is 4.27. The van der Waals surface area contributed by atoms with Crippen LogP contribution in [0.15, 0.2) is 35.6 Å². The van der Waals surface area contributed by atoms with Crippen molar-refractivity contribution in [3.05, 3.63) is 48.3 Å². The van der Waals surface area contributed by atoms with Crippen molar-refractivity contribution in [2.24, 2.45) is 5.92 Å². The van der Waals surface area contributed by atoms with Crippen molar-refractivity contribution in [3.8, 4) is 11.1 Å². The zero-order valence-electron chi connectivity index (χ0n) is 18.9. The Labute approximate surface area is 187 Å². The predicted molar refractivity (Wildman–Crippen MR) is 124 cm³/mol. The van der Waals surface area contributed by atoms with Gasteiger partial charge in [0.15, 0.2) is 0 Å². The molecule has 0 bridgehead atoms. The van der Waals surface area contributed by atoms with Crippen LogP contribution in [-0.2, 0) is 16.0 Å². The molecular weight excluding hydrogens is 404 g/mol. The molecule has 1 saturated heterocycles. The molecule has 7 heteroatoms. The molecule has 5 rings (SSSR count). The average molecular weight is 433 g/mol. The second kappa shape index (κ2) is 8.39. The molecule has 7 nitrogen and oxygen atoms in total. The van der Waals surface area contributed by atoms with Crippen molar-refractivity contribution in [1.82, 2.24) is 19.7 Å². The minimum absolute atomic E-state index is 0.553. The van der Waals surface area contributed by atoms with Gasteiger partial charge in [0.2, 0.25) is 0 Å². The molecule has 0 unspecified atom stereocenters. The Bertz CT molecular complexity index is 1280. The van der Waals surface area contributed by atoms with Gasteiger partial charge in [-0.2, -0.15) is 0 Å². The highest BCUT2D eigenvalue weighted by atomic mass is 16.5. The van der Waals surface area contributed by atoms with Crippen LogP contribution in [0.1, 0.15) is 36.9 Å². The zero-order chi connectivity index (χ0) is 22.2. The molecule has 4 aromatic heterocycles. The van der Waals surface area contributed by atoms with E-state index in [-0.39, 0.29) is 0 Å². The minimum Gasteiger partial charge on any atom is -0.492 e. The number of hydrogen-bond donors (Lipinski definition) is 0. The Hall–Kier alpha value is -3.19.